The Morgan fingerprint density at radius 3 is 2.39 bits per heavy atom. The van der Waals surface area contributed by atoms with Crippen molar-refractivity contribution in [3.05, 3.63) is 118 Å². The second kappa shape index (κ2) is 9.82. The Balaban J connectivity index is 1.59. The van der Waals surface area contributed by atoms with E-state index in [1.165, 1.54) is 24.3 Å². The van der Waals surface area contributed by atoms with Gasteiger partial charge >= 0.3 is 0 Å². The third-order valence-corrected chi connectivity index (χ3v) is 6.90. The van der Waals surface area contributed by atoms with Crippen LogP contribution in [0, 0.1) is 5.82 Å². The molecule has 0 spiro atoms. The van der Waals surface area contributed by atoms with Crippen molar-refractivity contribution in [1.29, 1.82) is 0 Å². The normalized spacial score (nSPS) is 19.5. The first kappa shape index (κ1) is 23.5. The van der Waals surface area contributed by atoms with Gasteiger partial charge < -0.3 is 15.4 Å². The maximum Gasteiger partial charge on any atom is 0.254 e. The van der Waals surface area contributed by atoms with E-state index < -0.39 is 5.92 Å². The second-order valence-corrected chi connectivity index (χ2v) is 9.13. The minimum Gasteiger partial charge on any atom is -0.496 e. The lowest BCUT2D eigenvalue weighted by atomic mass is 9.71. The molecule has 182 valence electrons. The van der Waals surface area contributed by atoms with Gasteiger partial charge in [0.2, 0.25) is 0 Å². The first-order chi connectivity index (χ1) is 17.5. The average Bonchev–Trinajstić information content (AvgIpc) is 2.89. The highest BCUT2D eigenvalue weighted by molar-refractivity contribution is 6.10. The van der Waals surface area contributed by atoms with E-state index in [0.717, 1.165) is 16.8 Å². The van der Waals surface area contributed by atoms with Crippen molar-refractivity contribution in [3.63, 3.8) is 0 Å². The molecule has 0 saturated carbocycles. The number of rotatable bonds is 5. The van der Waals surface area contributed by atoms with Crippen molar-refractivity contribution in [2.24, 2.45) is 0 Å². The summed E-state index contributed by atoms with van der Waals surface area (Å²) in [5, 5.41) is 6.26. The summed E-state index contributed by atoms with van der Waals surface area (Å²) in [4.78, 5) is 27.4. The van der Waals surface area contributed by atoms with Gasteiger partial charge in [-0.05, 0) is 55.2 Å². The molecule has 2 atom stereocenters. The first-order valence-electron chi connectivity index (χ1n) is 11.9. The molecule has 1 aliphatic heterocycles. The molecule has 1 heterocycles. The molecule has 1 amide bonds. The van der Waals surface area contributed by atoms with Crippen LogP contribution in [0.15, 0.2) is 101 Å². The van der Waals surface area contributed by atoms with Crippen molar-refractivity contribution < 1.29 is 18.7 Å². The molecule has 5 nitrogen and oxygen atoms in total. The van der Waals surface area contributed by atoms with Crippen LogP contribution < -0.4 is 15.4 Å². The highest BCUT2D eigenvalue weighted by Crippen LogP contribution is 2.47. The molecule has 0 saturated heterocycles. The van der Waals surface area contributed by atoms with Crippen LogP contribution in [0.3, 0.4) is 0 Å². The number of ether oxygens (including phenoxy) is 1. The Morgan fingerprint density at radius 1 is 0.972 bits per heavy atom. The fraction of sp³-hybridized carbons (Fsp3) is 0.200. The summed E-state index contributed by atoms with van der Waals surface area (Å²) in [7, 11) is 1.58. The number of amides is 1. The molecule has 36 heavy (non-hydrogen) atoms. The fourth-order valence-electron chi connectivity index (χ4n) is 5.25. The number of Topliss-reactive ketones (excluding diaryl/α,β-unsaturated/α-hetero) is 1. The van der Waals surface area contributed by atoms with Crippen LogP contribution in [0.2, 0.25) is 0 Å². The summed E-state index contributed by atoms with van der Waals surface area (Å²) in [6.45, 7) is 1.85. The van der Waals surface area contributed by atoms with Gasteiger partial charge in [0.15, 0.2) is 5.78 Å². The zero-order chi connectivity index (χ0) is 25.2. The molecule has 0 radical (unpaired) electrons. The third-order valence-electron chi connectivity index (χ3n) is 6.90. The summed E-state index contributed by atoms with van der Waals surface area (Å²) in [5.41, 5.74) is 4.89. The van der Waals surface area contributed by atoms with Crippen LogP contribution in [0.25, 0.3) is 0 Å². The monoisotopic (exact) mass is 482 g/mol. The van der Waals surface area contributed by atoms with E-state index in [9.17, 15) is 14.0 Å². The van der Waals surface area contributed by atoms with E-state index in [-0.39, 0.29) is 23.4 Å². The SMILES string of the molecule is COc1ccccc1C1C(C(=O)Nc2ccc(F)cc2)=C(C)NC2=C1C(=O)CC(c1ccccc1)C2. The number of allylic oxidation sites excluding steroid dienone is 3. The van der Waals surface area contributed by atoms with Crippen LogP contribution in [0.5, 0.6) is 5.75 Å². The van der Waals surface area contributed by atoms with Crippen molar-refractivity contribution >= 4 is 17.4 Å². The zero-order valence-corrected chi connectivity index (χ0v) is 20.2. The number of nitrogens with one attached hydrogen (secondary N) is 2. The standard InChI is InChI=1S/C30H27FN2O3/c1-18-27(30(35)33-22-14-12-21(31)13-15-22)28(23-10-6-7-11-26(23)36-2)29-24(32-18)16-20(17-25(29)34)19-8-4-3-5-9-19/h3-15,20,28,32H,16-17H2,1-2H3,(H,33,35). The lowest BCUT2D eigenvalue weighted by Crippen LogP contribution is -2.37. The molecule has 2 N–H and O–H groups in total. The van der Waals surface area contributed by atoms with Gasteiger partial charge in [-0.1, -0.05) is 48.5 Å². The van der Waals surface area contributed by atoms with Crippen molar-refractivity contribution in [3.8, 4) is 5.75 Å². The Bertz CT molecular complexity index is 1380. The van der Waals surface area contributed by atoms with Gasteiger partial charge in [-0.3, -0.25) is 9.59 Å². The number of carbonyl (C=O) groups excluding carboxylic acids is 2. The van der Waals surface area contributed by atoms with E-state index in [1.54, 1.807) is 7.11 Å². The van der Waals surface area contributed by atoms with Crippen LogP contribution in [-0.4, -0.2) is 18.8 Å². The number of anilines is 1. The number of halogens is 1. The topological polar surface area (TPSA) is 67.4 Å². The van der Waals surface area contributed by atoms with Crippen LogP contribution in [-0.2, 0) is 9.59 Å². The highest BCUT2D eigenvalue weighted by atomic mass is 19.1. The molecule has 3 aromatic carbocycles. The van der Waals surface area contributed by atoms with E-state index in [1.807, 2.05) is 61.5 Å². The summed E-state index contributed by atoms with van der Waals surface area (Å²) in [5.74, 6) is -0.660. The molecule has 0 aromatic heterocycles. The molecular weight excluding hydrogens is 455 g/mol. The van der Waals surface area contributed by atoms with Gasteiger partial charge in [0.05, 0.1) is 13.0 Å². The van der Waals surface area contributed by atoms with Crippen molar-refractivity contribution in [1.82, 2.24) is 5.32 Å². The Hall–Kier alpha value is -4.19. The quantitative estimate of drug-likeness (QED) is 0.480. The third kappa shape index (κ3) is 4.42. The molecule has 2 aliphatic rings. The van der Waals surface area contributed by atoms with Crippen LogP contribution in [0.1, 0.15) is 42.7 Å². The van der Waals surface area contributed by atoms with Gasteiger partial charge in [0.25, 0.3) is 5.91 Å². The number of hydrogen-bond acceptors (Lipinski definition) is 4. The van der Waals surface area contributed by atoms with E-state index >= 15 is 0 Å². The molecule has 2 unspecified atom stereocenters. The predicted molar refractivity (Wildman–Crippen MR) is 137 cm³/mol. The van der Waals surface area contributed by atoms with Gasteiger partial charge in [0, 0.05) is 40.2 Å². The highest BCUT2D eigenvalue weighted by Gasteiger charge is 2.41. The van der Waals surface area contributed by atoms with Crippen LogP contribution >= 0.6 is 0 Å². The largest absolute Gasteiger partial charge is 0.496 e. The summed E-state index contributed by atoms with van der Waals surface area (Å²) in [6, 6.07) is 23.1. The summed E-state index contributed by atoms with van der Waals surface area (Å²) >= 11 is 0. The minimum absolute atomic E-state index is 0.00749. The van der Waals surface area contributed by atoms with Gasteiger partial charge in [-0.15, -0.1) is 0 Å². The number of dihydropyridines is 1. The van der Waals surface area contributed by atoms with Gasteiger partial charge in [-0.25, -0.2) is 4.39 Å². The lowest BCUT2D eigenvalue weighted by Gasteiger charge is -2.37. The Labute approximate surface area is 209 Å². The molecule has 6 heteroatoms. The maximum atomic E-state index is 13.7. The molecule has 5 rings (SSSR count). The van der Waals surface area contributed by atoms with Crippen LogP contribution in [0.4, 0.5) is 10.1 Å². The summed E-state index contributed by atoms with van der Waals surface area (Å²) in [6.07, 6.45) is 1.03. The maximum absolute atomic E-state index is 13.7. The number of ketones is 1. The molecule has 1 aliphatic carbocycles. The number of para-hydroxylation sites is 1. The molecular formula is C30H27FN2O3. The number of carbonyl (C=O) groups is 2. The van der Waals surface area contributed by atoms with Crippen molar-refractivity contribution in [2.45, 2.75) is 31.6 Å². The average molecular weight is 483 g/mol. The number of methoxy groups -OCH3 is 1. The first-order valence-corrected chi connectivity index (χ1v) is 11.9. The van der Waals surface area contributed by atoms with E-state index in [0.29, 0.717) is 41.1 Å². The minimum atomic E-state index is -0.595. The van der Waals surface area contributed by atoms with Gasteiger partial charge in [-0.2, -0.15) is 0 Å². The molecule has 0 bridgehead atoms. The fourth-order valence-corrected chi connectivity index (χ4v) is 5.25. The number of hydrogen-bond donors (Lipinski definition) is 2. The Morgan fingerprint density at radius 2 is 1.67 bits per heavy atom. The second-order valence-electron chi connectivity index (χ2n) is 9.13. The zero-order valence-electron chi connectivity index (χ0n) is 20.2. The Kier molecular flexibility index (Phi) is 6.42. The number of benzene rings is 3. The summed E-state index contributed by atoms with van der Waals surface area (Å²) < 4.78 is 19.0. The lowest BCUT2D eigenvalue weighted by molar-refractivity contribution is -0.116. The molecule has 3 aromatic rings. The van der Waals surface area contributed by atoms with Crippen molar-refractivity contribution in [2.75, 3.05) is 12.4 Å². The molecule has 0 fully saturated rings. The predicted octanol–water partition coefficient (Wildman–Crippen LogP) is 5.83. The smallest absolute Gasteiger partial charge is 0.254 e. The van der Waals surface area contributed by atoms with E-state index in [4.69, 9.17) is 4.74 Å². The van der Waals surface area contributed by atoms with Gasteiger partial charge in [0.1, 0.15) is 11.6 Å². The van der Waals surface area contributed by atoms with E-state index in [2.05, 4.69) is 10.6 Å².